The van der Waals surface area contributed by atoms with E-state index >= 15 is 0 Å². The van der Waals surface area contributed by atoms with Crippen LogP contribution in [0.1, 0.15) is 11.6 Å². The van der Waals surface area contributed by atoms with Crippen molar-refractivity contribution in [3.8, 4) is 0 Å². The Bertz CT molecular complexity index is 729. The molecular formula is C14H12INO4S. The summed E-state index contributed by atoms with van der Waals surface area (Å²) in [5.74, 6) is -1.25. The highest BCUT2D eigenvalue weighted by Crippen LogP contribution is 2.18. The third-order valence-corrected chi connectivity index (χ3v) is 4.93. The van der Waals surface area contributed by atoms with E-state index in [-0.39, 0.29) is 4.90 Å². The first-order valence-electron chi connectivity index (χ1n) is 5.96. The lowest BCUT2D eigenvalue weighted by Gasteiger charge is -2.15. The second-order valence-electron chi connectivity index (χ2n) is 4.26. The van der Waals surface area contributed by atoms with Gasteiger partial charge in [-0.1, -0.05) is 30.3 Å². The average molecular weight is 417 g/mol. The summed E-state index contributed by atoms with van der Waals surface area (Å²) in [6.45, 7) is 0. The predicted molar refractivity (Wildman–Crippen MR) is 86.3 cm³/mol. The van der Waals surface area contributed by atoms with Crippen LogP contribution in [0, 0.1) is 3.57 Å². The number of carboxylic acids is 1. The lowest BCUT2D eigenvalue weighted by Crippen LogP contribution is -2.33. The molecule has 0 spiro atoms. The molecule has 110 valence electrons. The van der Waals surface area contributed by atoms with E-state index in [0.717, 1.165) is 3.57 Å². The van der Waals surface area contributed by atoms with Crippen LogP contribution in [0.3, 0.4) is 0 Å². The number of hydrogen-bond acceptors (Lipinski definition) is 3. The van der Waals surface area contributed by atoms with Crippen LogP contribution in [-0.4, -0.2) is 19.5 Å². The molecule has 2 aromatic carbocycles. The van der Waals surface area contributed by atoms with Gasteiger partial charge in [-0.05, 0) is 52.4 Å². The van der Waals surface area contributed by atoms with E-state index in [2.05, 4.69) is 27.3 Å². The third kappa shape index (κ3) is 4.02. The SMILES string of the molecule is O=C(O)[C@@H](NS(=O)(=O)c1ccc(I)cc1)c1ccccc1. The Morgan fingerprint density at radius 2 is 1.62 bits per heavy atom. The molecule has 7 heteroatoms. The summed E-state index contributed by atoms with van der Waals surface area (Å²) in [7, 11) is -3.90. The summed E-state index contributed by atoms with van der Waals surface area (Å²) in [6, 6.07) is 13.0. The van der Waals surface area contributed by atoms with Gasteiger partial charge in [0.25, 0.3) is 0 Å². The maximum absolute atomic E-state index is 12.3. The molecule has 0 radical (unpaired) electrons. The monoisotopic (exact) mass is 417 g/mol. The summed E-state index contributed by atoms with van der Waals surface area (Å²) >= 11 is 2.06. The number of aliphatic carboxylic acids is 1. The summed E-state index contributed by atoms with van der Waals surface area (Å²) < 4.78 is 27.6. The fraction of sp³-hybridized carbons (Fsp3) is 0.0714. The van der Waals surface area contributed by atoms with Gasteiger partial charge in [0, 0.05) is 3.57 Å². The number of benzene rings is 2. The maximum atomic E-state index is 12.3. The molecule has 5 nitrogen and oxygen atoms in total. The summed E-state index contributed by atoms with van der Waals surface area (Å²) in [5, 5.41) is 9.25. The van der Waals surface area contributed by atoms with Gasteiger partial charge in [0.2, 0.25) is 10.0 Å². The molecule has 0 saturated carbocycles. The van der Waals surface area contributed by atoms with Crippen molar-refractivity contribution < 1.29 is 18.3 Å². The van der Waals surface area contributed by atoms with Crippen LogP contribution >= 0.6 is 22.6 Å². The average Bonchev–Trinajstić information content (AvgIpc) is 2.46. The molecule has 0 saturated heterocycles. The smallest absolute Gasteiger partial charge is 0.326 e. The summed E-state index contributed by atoms with van der Waals surface area (Å²) in [6.07, 6.45) is 0. The first-order valence-corrected chi connectivity index (χ1v) is 8.52. The van der Waals surface area contributed by atoms with Crippen LogP contribution in [0.25, 0.3) is 0 Å². The molecule has 0 bridgehead atoms. The maximum Gasteiger partial charge on any atom is 0.326 e. The van der Waals surface area contributed by atoms with Crippen molar-refractivity contribution in [3.63, 3.8) is 0 Å². The van der Waals surface area contributed by atoms with Crippen LogP contribution < -0.4 is 4.72 Å². The predicted octanol–water partition coefficient (Wildman–Crippen LogP) is 2.40. The van der Waals surface area contributed by atoms with E-state index in [0.29, 0.717) is 5.56 Å². The Morgan fingerprint density at radius 3 is 2.14 bits per heavy atom. The molecule has 0 aromatic heterocycles. The number of sulfonamides is 1. The standard InChI is InChI=1S/C14H12INO4S/c15-11-6-8-12(9-7-11)21(19,20)16-13(14(17)18)10-4-2-1-3-5-10/h1-9,13,16H,(H,17,18)/t13-/m0/s1. The Kier molecular flexibility index (Phi) is 4.96. The fourth-order valence-corrected chi connectivity index (χ4v) is 3.28. The van der Waals surface area contributed by atoms with Crippen molar-refractivity contribution in [3.05, 3.63) is 63.7 Å². The van der Waals surface area contributed by atoms with Crippen LogP contribution in [0.4, 0.5) is 0 Å². The Hall–Kier alpha value is -1.45. The van der Waals surface area contributed by atoms with Crippen LogP contribution in [0.2, 0.25) is 0 Å². The lowest BCUT2D eigenvalue weighted by atomic mass is 10.1. The number of nitrogens with one attached hydrogen (secondary N) is 1. The fourth-order valence-electron chi connectivity index (χ4n) is 1.74. The number of carboxylic acid groups (broad SMARTS) is 1. The molecule has 0 amide bonds. The Labute approximate surface area is 136 Å². The van der Waals surface area contributed by atoms with Crippen LogP contribution in [0.5, 0.6) is 0 Å². The number of carbonyl (C=O) groups is 1. The molecule has 0 aliphatic heterocycles. The quantitative estimate of drug-likeness (QED) is 0.733. The van der Waals surface area contributed by atoms with Gasteiger partial charge in [-0.3, -0.25) is 4.79 Å². The highest BCUT2D eigenvalue weighted by Gasteiger charge is 2.26. The van der Waals surface area contributed by atoms with Crippen molar-refractivity contribution in [2.75, 3.05) is 0 Å². The van der Waals surface area contributed by atoms with Gasteiger partial charge >= 0.3 is 5.97 Å². The lowest BCUT2D eigenvalue weighted by molar-refractivity contribution is -0.139. The molecule has 0 unspecified atom stereocenters. The van der Waals surface area contributed by atoms with Gasteiger partial charge in [-0.2, -0.15) is 4.72 Å². The van der Waals surface area contributed by atoms with Gasteiger partial charge in [0.1, 0.15) is 6.04 Å². The Balaban J connectivity index is 2.32. The van der Waals surface area contributed by atoms with Crippen LogP contribution in [0.15, 0.2) is 59.5 Å². The summed E-state index contributed by atoms with van der Waals surface area (Å²) in [4.78, 5) is 11.4. The second kappa shape index (κ2) is 6.54. The first-order chi connectivity index (χ1) is 9.90. The number of hydrogen-bond donors (Lipinski definition) is 2. The first kappa shape index (κ1) is 15.9. The zero-order valence-corrected chi connectivity index (χ0v) is 13.7. The number of rotatable bonds is 5. The molecular weight excluding hydrogens is 405 g/mol. The minimum atomic E-state index is -3.90. The van der Waals surface area contributed by atoms with Crippen molar-refractivity contribution in [1.82, 2.24) is 4.72 Å². The van der Waals surface area contributed by atoms with Crippen LogP contribution in [-0.2, 0) is 14.8 Å². The molecule has 0 aliphatic carbocycles. The zero-order valence-electron chi connectivity index (χ0n) is 10.7. The molecule has 1 atom stereocenters. The van der Waals surface area contributed by atoms with Gasteiger partial charge in [0.15, 0.2) is 0 Å². The van der Waals surface area contributed by atoms with E-state index in [9.17, 15) is 18.3 Å². The third-order valence-electron chi connectivity index (χ3n) is 2.78. The number of halogens is 1. The van der Waals surface area contributed by atoms with Gasteiger partial charge < -0.3 is 5.11 Å². The van der Waals surface area contributed by atoms with Crippen molar-refractivity contribution in [2.24, 2.45) is 0 Å². The minimum absolute atomic E-state index is 0.0325. The molecule has 0 aliphatic rings. The molecule has 21 heavy (non-hydrogen) atoms. The summed E-state index contributed by atoms with van der Waals surface area (Å²) in [5.41, 5.74) is 0.374. The molecule has 2 N–H and O–H groups in total. The van der Waals surface area contributed by atoms with Gasteiger partial charge in [0.05, 0.1) is 4.90 Å². The Morgan fingerprint density at radius 1 is 1.05 bits per heavy atom. The van der Waals surface area contributed by atoms with E-state index in [4.69, 9.17) is 0 Å². The molecule has 0 heterocycles. The van der Waals surface area contributed by atoms with Crippen molar-refractivity contribution in [2.45, 2.75) is 10.9 Å². The minimum Gasteiger partial charge on any atom is -0.480 e. The second-order valence-corrected chi connectivity index (χ2v) is 7.22. The van der Waals surface area contributed by atoms with E-state index in [1.807, 2.05) is 0 Å². The largest absolute Gasteiger partial charge is 0.480 e. The van der Waals surface area contributed by atoms with Crippen molar-refractivity contribution >= 4 is 38.6 Å². The molecule has 2 rings (SSSR count). The van der Waals surface area contributed by atoms with E-state index < -0.39 is 22.0 Å². The van der Waals surface area contributed by atoms with Gasteiger partial charge in [-0.25, -0.2) is 8.42 Å². The van der Waals surface area contributed by atoms with E-state index in [1.165, 1.54) is 12.1 Å². The molecule has 0 fully saturated rings. The normalized spacial score (nSPS) is 12.8. The highest BCUT2D eigenvalue weighted by molar-refractivity contribution is 14.1. The topological polar surface area (TPSA) is 83.5 Å². The van der Waals surface area contributed by atoms with Gasteiger partial charge in [-0.15, -0.1) is 0 Å². The van der Waals surface area contributed by atoms with Crippen molar-refractivity contribution in [1.29, 1.82) is 0 Å². The van der Waals surface area contributed by atoms with E-state index in [1.54, 1.807) is 42.5 Å². The molecule has 2 aromatic rings. The highest BCUT2D eigenvalue weighted by atomic mass is 127. The zero-order chi connectivity index (χ0) is 15.5.